The minimum absolute atomic E-state index is 0. The molecule has 0 saturated carbocycles. The van der Waals surface area contributed by atoms with Crippen LogP contribution in [-0.2, 0) is 0 Å². The minimum atomic E-state index is -0.368. The van der Waals surface area contributed by atoms with Crippen LogP contribution in [-0.4, -0.2) is 59.7 Å². The molecule has 1 fully saturated rings. The third-order valence-corrected chi connectivity index (χ3v) is 4.29. The molecule has 1 N–H and O–H groups in total. The predicted molar refractivity (Wildman–Crippen MR) is 92.6 cm³/mol. The maximum atomic E-state index is 12.7. The molecule has 7 heteroatoms. The standard InChI is InChI=1S/C17H19N3O3.ClH/c1-3-7-20-16(22)13-5-4-12(9-14(13)17(20)23)15(21)19-8-6-18-10-11(19)2;/h3-5,9,11,18H,1,6-8,10H2,2H3;1H/t11-;/m1./s1. The van der Waals surface area contributed by atoms with E-state index in [0.29, 0.717) is 23.2 Å². The van der Waals surface area contributed by atoms with E-state index in [1.165, 1.54) is 12.1 Å². The van der Waals surface area contributed by atoms with Gasteiger partial charge in [0.05, 0.1) is 11.1 Å². The van der Waals surface area contributed by atoms with Crippen molar-refractivity contribution in [2.45, 2.75) is 13.0 Å². The average molecular weight is 350 g/mol. The molecule has 6 nitrogen and oxygen atoms in total. The lowest BCUT2D eigenvalue weighted by molar-refractivity contribution is 0.0653. The van der Waals surface area contributed by atoms with E-state index in [1.54, 1.807) is 17.0 Å². The number of nitrogens with one attached hydrogen (secondary N) is 1. The first-order valence-electron chi connectivity index (χ1n) is 7.67. The van der Waals surface area contributed by atoms with Crippen molar-refractivity contribution in [3.05, 3.63) is 47.5 Å². The summed E-state index contributed by atoms with van der Waals surface area (Å²) < 4.78 is 0. The number of hydrogen-bond acceptors (Lipinski definition) is 4. The Morgan fingerprint density at radius 2 is 2.04 bits per heavy atom. The van der Waals surface area contributed by atoms with E-state index >= 15 is 0 Å². The average Bonchev–Trinajstić information content (AvgIpc) is 2.80. The summed E-state index contributed by atoms with van der Waals surface area (Å²) in [6, 6.07) is 4.83. The highest BCUT2D eigenvalue weighted by molar-refractivity contribution is 6.22. The Labute approximate surface area is 146 Å². The van der Waals surface area contributed by atoms with Crippen LogP contribution in [0.15, 0.2) is 30.9 Å². The van der Waals surface area contributed by atoms with E-state index in [9.17, 15) is 14.4 Å². The molecule has 2 aliphatic rings. The molecule has 128 valence electrons. The largest absolute Gasteiger partial charge is 0.333 e. The number of carbonyl (C=O) groups excluding carboxylic acids is 3. The molecular formula is C17H20ClN3O3. The highest BCUT2D eigenvalue weighted by atomic mass is 35.5. The van der Waals surface area contributed by atoms with Crippen molar-refractivity contribution in [1.29, 1.82) is 0 Å². The molecule has 1 aromatic rings. The Morgan fingerprint density at radius 1 is 1.33 bits per heavy atom. The highest BCUT2D eigenvalue weighted by Gasteiger charge is 2.35. The second-order valence-corrected chi connectivity index (χ2v) is 5.82. The molecule has 2 heterocycles. The zero-order valence-corrected chi connectivity index (χ0v) is 14.3. The van der Waals surface area contributed by atoms with Crippen molar-refractivity contribution >= 4 is 30.1 Å². The molecule has 0 unspecified atom stereocenters. The summed E-state index contributed by atoms with van der Waals surface area (Å²) in [5.41, 5.74) is 1.09. The molecule has 0 radical (unpaired) electrons. The van der Waals surface area contributed by atoms with Crippen LogP contribution < -0.4 is 5.32 Å². The molecular weight excluding hydrogens is 330 g/mol. The first-order valence-corrected chi connectivity index (χ1v) is 7.67. The Morgan fingerprint density at radius 3 is 2.71 bits per heavy atom. The Balaban J connectivity index is 0.00000208. The van der Waals surface area contributed by atoms with Gasteiger partial charge in [0.15, 0.2) is 0 Å². The summed E-state index contributed by atoms with van der Waals surface area (Å²) in [4.78, 5) is 40.1. The summed E-state index contributed by atoms with van der Waals surface area (Å²) >= 11 is 0. The Bertz CT molecular complexity index is 704. The van der Waals surface area contributed by atoms with Crippen LogP contribution in [0.5, 0.6) is 0 Å². The van der Waals surface area contributed by atoms with Gasteiger partial charge in [-0.15, -0.1) is 19.0 Å². The van der Waals surface area contributed by atoms with Crippen molar-refractivity contribution in [2.24, 2.45) is 0 Å². The van der Waals surface area contributed by atoms with Gasteiger partial charge in [-0.25, -0.2) is 0 Å². The summed E-state index contributed by atoms with van der Waals surface area (Å²) in [5.74, 6) is -0.809. The fraction of sp³-hybridized carbons (Fsp3) is 0.353. The van der Waals surface area contributed by atoms with Gasteiger partial charge in [0.25, 0.3) is 17.7 Å². The van der Waals surface area contributed by atoms with Gasteiger partial charge in [0, 0.05) is 37.8 Å². The minimum Gasteiger partial charge on any atom is -0.333 e. The van der Waals surface area contributed by atoms with E-state index in [2.05, 4.69) is 11.9 Å². The molecule has 0 aromatic heterocycles. The molecule has 3 amide bonds. The van der Waals surface area contributed by atoms with E-state index < -0.39 is 0 Å². The lowest BCUT2D eigenvalue weighted by Gasteiger charge is -2.34. The molecule has 0 spiro atoms. The van der Waals surface area contributed by atoms with Crippen molar-refractivity contribution in [3.8, 4) is 0 Å². The number of benzene rings is 1. The van der Waals surface area contributed by atoms with Crippen molar-refractivity contribution in [2.75, 3.05) is 26.2 Å². The van der Waals surface area contributed by atoms with Gasteiger partial charge in [-0.2, -0.15) is 0 Å². The number of hydrogen-bond donors (Lipinski definition) is 1. The smallest absolute Gasteiger partial charge is 0.261 e. The lowest BCUT2D eigenvalue weighted by atomic mass is 10.0. The fourth-order valence-electron chi connectivity index (χ4n) is 3.03. The zero-order chi connectivity index (χ0) is 16.6. The normalized spacial score (nSPS) is 19.8. The molecule has 1 aromatic carbocycles. The van der Waals surface area contributed by atoms with E-state index in [-0.39, 0.29) is 42.7 Å². The van der Waals surface area contributed by atoms with Crippen LogP contribution in [0.1, 0.15) is 38.0 Å². The summed E-state index contributed by atoms with van der Waals surface area (Å²) in [6.45, 7) is 7.85. The maximum Gasteiger partial charge on any atom is 0.261 e. The van der Waals surface area contributed by atoms with E-state index in [0.717, 1.165) is 18.0 Å². The maximum absolute atomic E-state index is 12.7. The second kappa shape index (κ2) is 7.15. The van der Waals surface area contributed by atoms with Crippen LogP contribution >= 0.6 is 12.4 Å². The van der Waals surface area contributed by atoms with Gasteiger partial charge in [0.2, 0.25) is 0 Å². The first-order chi connectivity index (χ1) is 11.0. The van der Waals surface area contributed by atoms with Gasteiger partial charge in [-0.3, -0.25) is 19.3 Å². The summed E-state index contributed by atoms with van der Waals surface area (Å²) in [7, 11) is 0. The number of carbonyl (C=O) groups is 3. The SMILES string of the molecule is C=CCN1C(=O)c2ccc(C(=O)N3CCNC[C@H]3C)cc2C1=O.Cl. The van der Waals surface area contributed by atoms with Crippen LogP contribution in [0, 0.1) is 0 Å². The number of halogens is 1. The van der Waals surface area contributed by atoms with Gasteiger partial charge >= 0.3 is 0 Å². The fourth-order valence-corrected chi connectivity index (χ4v) is 3.03. The second-order valence-electron chi connectivity index (χ2n) is 5.82. The third-order valence-electron chi connectivity index (χ3n) is 4.29. The van der Waals surface area contributed by atoms with Gasteiger partial charge in [-0.05, 0) is 25.1 Å². The molecule has 0 aliphatic carbocycles. The van der Waals surface area contributed by atoms with Crippen LogP contribution in [0.4, 0.5) is 0 Å². The molecule has 3 rings (SSSR count). The van der Waals surface area contributed by atoms with E-state index in [4.69, 9.17) is 0 Å². The molecule has 1 saturated heterocycles. The number of piperazine rings is 1. The number of nitrogens with zero attached hydrogens (tertiary/aromatic N) is 2. The predicted octanol–water partition coefficient (Wildman–Crippen LogP) is 1.32. The first kappa shape index (κ1) is 18.2. The van der Waals surface area contributed by atoms with Crippen molar-refractivity contribution < 1.29 is 14.4 Å². The molecule has 0 bridgehead atoms. The molecule has 24 heavy (non-hydrogen) atoms. The zero-order valence-electron chi connectivity index (χ0n) is 13.4. The quantitative estimate of drug-likeness (QED) is 0.660. The van der Waals surface area contributed by atoms with Crippen molar-refractivity contribution in [1.82, 2.24) is 15.1 Å². The molecule has 2 aliphatic heterocycles. The third kappa shape index (κ3) is 2.95. The van der Waals surface area contributed by atoms with Gasteiger partial charge in [-0.1, -0.05) is 6.08 Å². The number of imide groups is 1. The number of amides is 3. The summed E-state index contributed by atoms with van der Waals surface area (Å²) in [5, 5.41) is 3.24. The van der Waals surface area contributed by atoms with Crippen molar-refractivity contribution in [3.63, 3.8) is 0 Å². The Kier molecular flexibility index (Phi) is 5.41. The van der Waals surface area contributed by atoms with Crippen LogP contribution in [0.3, 0.4) is 0 Å². The lowest BCUT2D eigenvalue weighted by Crippen LogP contribution is -2.52. The summed E-state index contributed by atoms with van der Waals surface area (Å²) in [6.07, 6.45) is 1.51. The Hall–Kier alpha value is -2.18. The monoisotopic (exact) mass is 349 g/mol. The van der Waals surface area contributed by atoms with Crippen LogP contribution in [0.25, 0.3) is 0 Å². The highest BCUT2D eigenvalue weighted by Crippen LogP contribution is 2.24. The van der Waals surface area contributed by atoms with Crippen LogP contribution in [0.2, 0.25) is 0 Å². The van der Waals surface area contributed by atoms with Gasteiger partial charge < -0.3 is 10.2 Å². The topological polar surface area (TPSA) is 69.7 Å². The van der Waals surface area contributed by atoms with Gasteiger partial charge in [0.1, 0.15) is 0 Å². The molecule has 1 atom stereocenters. The van der Waals surface area contributed by atoms with E-state index in [1.807, 2.05) is 6.92 Å². The number of fused-ring (bicyclic) bond motifs is 1. The number of rotatable bonds is 3.